The highest BCUT2D eigenvalue weighted by atomic mass is 14.3. The molecule has 0 rings (SSSR count). The fourth-order valence-corrected chi connectivity index (χ4v) is 3.44. The normalized spacial score (nSPS) is 18.9. The van der Waals surface area contributed by atoms with Gasteiger partial charge in [0.25, 0.3) is 0 Å². The fourth-order valence-electron chi connectivity index (χ4n) is 3.44. The first kappa shape index (κ1) is 21.0. The van der Waals surface area contributed by atoms with Crippen molar-refractivity contribution in [3.05, 3.63) is 0 Å². The van der Waals surface area contributed by atoms with E-state index >= 15 is 0 Å². The highest BCUT2D eigenvalue weighted by molar-refractivity contribution is 4.75. The van der Waals surface area contributed by atoms with Crippen molar-refractivity contribution in [2.45, 2.75) is 94.9 Å². The lowest BCUT2D eigenvalue weighted by Gasteiger charge is -2.33. The van der Waals surface area contributed by atoms with Crippen LogP contribution in [0, 0.1) is 40.9 Å². The van der Waals surface area contributed by atoms with Crippen molar-refractivity contribution >= 4 is 0 Å². The molecule has 0 saturated heterocycles. The summed E-state index contributed by atoms with van der Waals surface area (Å²) in [7, 11) is 0. The van der Waals surface area contributed by atoms with Crippen molar-refractivity contribution in [2.24, 2.45) is 40.9 Å². The highest BCUT2D eigenvalue weighted by Gasteiger charge is 2.25. The van der Waals surface area contributed by atoms with Crippen LogP contribution in [0.15, 0.2) is 0 Å². The van der Waals surface area contributed by atoms with E-state index in [0.717, 1.165) is 35.5 Å². The predicted octanol–water partition coefficient (Wildman–Crippen LogP) is 7.43. The first-order chi connectivity index (χ1) is 9.45. The molecule has 0 fully saturated rings. The molecule has 21 heavy (non-hydrogen) atoms. The molecule has 4 atom stereocenters. The summed E-state index contributed by atoms with van der Waals surface area (Å²) in [5.41, 5.74) is 0.493. The van der Waals surface area contributed by atoms with Gasteiger partial charge >= 0.3 is 0 Å². The summed E-state index contributed by atoms with van der Waals surface area (Å²) in [5.74, 6) is 5.07. The van der Waals surface area contributed by atoms with Crippen LogP contribution in [0.2, 0.25) is 0 Å². The van der Waals surface area contributed by atoms with Crippen molar-refractivity contribution in [3.8, 4) is 0 Å². The van der Waals surface area contributed by atoms with Crippen LogP contribution in [0.3, 0.4) is 0 Å². The monoisotopic (exact) mass is 296 g/mol. The van der Waals surface area contributed by atoms with E-state index in [-0.39, 0.29) is 0 Å². The molecule has 128 valence electrons. The molecule has 0 aliphatic carbocycles. The minimum atomic E-state index is 0.493. The number of rotatable bonds is 9. The Morgan fingerprint density at radius 2 is 1.24 bits per heavy atom. The van der Waals surface area contributed by atoms with Crippen LogP contribution in [-0.2, 0) is 0 Å². The minimum absolute atomic E-state index is 0.493. The molecular weight excluding hydrogens is 252 g/mol. The van der Waals surface area contributed by atoms with Crippen molar-refractivity contribution in [3.63, 3.8) is 0 Å². The summed E-state index contributed by atoms with van der Waals surface area (Å²) in [5, 5.41) is 0. The number of hydrogen-bond acceptors (Lipinski definition) is 0. The van der Waals surface area contributed by atoms with E-state index in [0.29, 0.717) is 5.41 Å². The average molecular weight is 297 g/mol. The minimum Gasteiger partial charge on any atom is -0.0625 e. The van der Waals surface area contributed by atoms with Crippen LogP contribution in [-0.4, -0.2) is 0 Å². The van der Waals surface area contributed by atoms with Gasteiger partial charge in [0.15, 0.2) is 0 Å². The second-order valence-electron chi connectivity index (χ2n) is 9.63. The second kappa shape index (κ2) is 9.21. The molecule has 0 N–H and O–H groups in total. The first-order valence-corrected chi connectivity index (χ1v) is 9.45. The molecule has 0 aromatic rings. The van der Waals surface area contributed by atoms with E-state index in [4.69, 9.17) is 0 Å². The van der Waals surface area contributed by atoms with Gasteiger partial charge in [-0.25, -0.2) is 0 Å². The van der Waals surface area contributed by atoms with Gasteiger partial charge in [-0.1, -0.05) is 82.1 Å². The van der Waals surface area contributed by atoms with Crippen LogP contribution in [0.5, 0.6) is 0 Å². The summed E-state index contributed by atoms with van der Waals surface area (Å²) in [4.78, 5) is 0. The average Bonchev–Trinajstić information content (AvgIpc) is 2.33. The third-order valence-electron chi connectivity index (χ3n) is 5.90. The molecule has 0 heterocycles. The molecule has 0 heteroatoms. The quantitative estimate of drug-likeness (QED) is 0.415. The van der Waals surface area contributed by atoms with Crippen LogP contribution in [0.1, 0.15) is 94.9 Å². The molecule has 0 bridgehead atoms. The third-order valence-corrected chi connectivity index (χ3v) is 5.90. The zero-order valence-electron chi connectivity index (χ0n) is 16.8. The summed E-state index contributed by atoms with van der Waals surface area (Å²) < 4.78 is 0. The largest absolute Gasteiger partial charge is 0.0625 e. The van der Waals surface area contributed by atoms with Gasteiger partial charge in [-0.05, 0) is 53.8 Å². The van der Waals surface area contributed by atoms with Gasteiger partial charge in [-0.3, -0.25) is 0 Å². The molecule has 0 nitrogen and oxygen atoms in total. The summed E-state index contributed by atoms with van der Waals surface area (Å²) >= 11 is 0. The van der Waals surface area contributed by atoms with E-state index in [9.17, 15) is 0 Å². The van der Waals surface area contributed by atoms with Gasteiger partial charge in [0.1, 0.15) is 0 Å². The van der Waals surface area contributed by atoms with E-state index in [1.807, 2.05) is 0 Å². The van der Waals surface area contributed by atoms with Crippen LogP contribution >= 0.6 is 0 Å². The van der Waals surface area contributed by atoms with Crippen LogP contribution in [0.4, 0.5) is 0 Å². The van der Waals surface area contributed by atoms with Gasteiger partial charge in [-0.15, -0.1) is 0 Å². The smallest absolute Gasteiger partial charge is 0.0383 e. The van der Waals surface area contributed by atoms with Crippen molar-refractivity contribution in [2.75, 3.05) is 0 Å². The molecular formula is C21H44. The molecule has 0 aliphatic rings. The number of hydrogen-bond donors (Lipinski definition) is 0. The third kappa shape index (κ3) is 8.89. The molecule has 0 aromatic heterocycles. The van der Waals surface area contributed by atoms with Gasteiger partial charge in [0.2, 0.25) is 0 Å². The van der Waals surface area contributed by atoms with E-state index in [2.05, 4.69) is 69.2 Å². The van der Waals surface area contributed by atoms with Crippen LogP contribution < -0.4 is 0 Å². The zero-order chi connectivity index (χ0) is 16.8. The Kier molecular flexibility index (Phi) is 9.21. The highest BCUT2D eigenvalue weighted by Crippen LogP contribution is 2.35. The fraction of sp³-hybridized carbons (Fsp3) is 1.00. The zero-order valence-corrected chi connectivity index (χ0v) is 16.8. The Balaban J connectivity index is 4.43. The van der Waals surface area contributed by atoms with Crippen molar-refractivity contribution < 1.29 is 0 Å². The van der Waals surface area contributed by atoms with Crippen molar-refractivity contribution in [1.82, 2.24) is 0 Å². The van der Waals surface area contributed by atoms with Gasteiger partial charge in [0, 0.05) is 0 Å². The molecule has 0 saturated carbocycles. The lowest BCUT2D eigenvalue weighted by atomic mass is 9.73. The molecule has 0 spiro atoms. The Labute approximate surface area is 136 Å². The molecule has 0 radical (unpaired) electrons. The Hall–Kier alpha value is 0. The Morgan fingerprint density at radius 1 is 0.714 bits per heavy atom. The summed E-state index contributed by atoms with van der Waals surface area (Å²) in [6.45, 7) is 24.1. The molecule has 0 aliphatic heterocycles. The first-order valence-electron chi connectivity index (χ1n) is 9.45. The molecule has 4 unspecified atom stereocenters. The summed E-state index contributed by atoms with van der Waals surface area (Å²) in [6, 6.07) is 0. The Morgan fingerprint density at radius 3 is 1.62 bits per heavy atom. The summed E-state index contributed by atoms with van der Waals surface area (Å²) in [6.07, 6.45) is 5.60. The van der Waals surface area contributed by atoms with Gasteiger partial charge in [-0.2, -0.15) is 0 Å². The topological polar surface area (TPSA) is 0 Å². The molecule has 0 aromatic carbocycles. The standard InChI is InChI=1S/C21H44/c1-15(2)18(6)19(7)17(5)14-20(16(3)4)12-11-13-21(8,9)10/h15-20H,11-14H2,1-10H3. The van der Waals surface area contributed by atoms with Crippen LogP contribution in [0.25, 0.3) is 0 Å². The van der Waals surface area contributed by atoms with E-state index in [1.54, 1.807) is 0 Å². The maximum absolute atomic E-state index is 2.49. The Bertz CT molecular complexity index is 256. The second-order valence-corrected chi connectivity index (χ2v) is 9.63. The predicted molar refractivity (Wildman–Crippen MR) is 98.6 cm³/mol. The molecule has 0 amide bonds. The van der Waals surface area contributed by atoms with Gasteiger partial charge < -0.3 is 0 Å². The van der Waals surface area contributed by atoms with Gasteiger partial charge in [0.05, 0.1) is 0 Å². The lowest BCUT2D eigenvalue weighted by molar-refractivity contribution is 0.172. The van der Waals surface area contributed by atoms with E-state index < -0.39 is 0 Å². The maximum atomic E-state index is 2.49. The lowest BCUT2D eigenvalue weighted by Crippen LogP contribution is -2.24. The van der Waals surface area contributed by atoms with Crippen molar-refractivity contribution in [1.29, 1.82) is 0 Å². The SMILES string of the molecule is CC(C)C(CCCC(C)(C)C)CC(C)C(C)C(C)C(C)C. The maximum Gasteiger partial charge on any atom is -0.0383 e. The van der Waals surface area contributed by atoms with E-state index in [1.165, 1.54) is 25.7 Å².